The molecule has 1 atom stereocenters. The summed E-state index contributed by atoms with van der Waals surface area (Å²) in [5, 5.41) is 6.33. The van der Waals surface area contributed by atoms with Gasteiger partial charge in [-0.25, -0.2) is 0 Å². The Kier molecular flexibility index (Phi) is 8.25. The van der Waals surface area contributed by atoms with Crippen LogP contribution in [-0.4, -0.2) is 54.4 Å². The quantitative estimate of drug-likeness (QED) is 0.801. The van der Waals surface area contributed by atoms with E-state index in [9.17, 15) is 9.59 Å². The molecule has 2 N–H and O–H groups in total. The SMILES string of the molecule is Cc1c(NC(=O)CCC2CCNC2)cccc1C(=O)N1CCSCC1.Cl. The molecule has 2 saturated heterocycles. The molecule has 144 valence electrons. The molecule has 0 aliphatic carbocycles. The zero-order chi connectivity index (χ0) is 17.6. The van der Waals surface area contributed by atoms with Crippen LogP contribution < -0.4 is 10.6 Å². The van der Waals surface area contributed by atoms with Crippen molar-refractivity contribution in [2.45, 2.75) is 26.2 Å². The van der Waals surface area contributed by atoms with Crippen molar-refractivity contribution in [1.29, 1.82) is 0 Å². The molecule has 2 aliphatic rings. The molecular formula is C19H28ClN3O2S. The van der Waals surface area contributed by atoms with Crippen LogP contribution in [0, 0.1) is 12.8 Å². The van der Waals surface area contributed by atoms with Crippen molar-refractivity contribution >= 4 is 41.7 Å². The van der Waals surface area contributed by atoms with Crippen LogP contribution in [0.25, 0.3) is 0 Å². The van der Waals surface area contributed by atoms with Gasteiger partial charge in [0.25, 0.3) is 5.91 Å². The number of carbonyl (C=O) groups is 2. The highest BCUT2D eigenvalue weighted by molar-refractivity contribution is 7.99. The van der Waals surface area contributed by atoms with E-state index in [0.717, 1.165) is 61.8 Å². The Morgan fingerprint density at radius 1 is 1.31 bits per heavy atom. The van der Waals surface area contributed by atoms with Crippen LogP contribution in [0.15, 0.2) is 18.2 Å². The average molecular weight is 398 g/mol. The van der Waals surface area contributed by atoms with E-state index >= 15 is 0 Å². The summed E-state index contributed by atoms with van der Waals surface area (Å²) in [6, 6.07) is 5.60. The fourth-order valence-corrected chi connectivity index (χ4v) is 4.35. The molecule has 2 amide bonds. The number of hydrogen-bond acceptors (Lipinski definition) is 4. The summed E-state index contributed by atoms with van der Waals surface area (Å²) < 4.78 is 0. The molecule has 0 spiro atoms. The fraction of sp³-hybridized carbons (Fsp3) is 0.579. The molecule has 0 bridgehead atoms. The number of amides is 2. The Morgan fingerprint density at radius 2 is 2.08 bits per heavy atom. The molecular weight excluding hydrogens is 370 g/mol. The van der Waals surface area contributed by atoms with Crippen LogP contribution in [0.3, 0.4) is 0 Å². The molecule has 0 saturated carbocycles. The highest BCUT2D eigenvalue weighted by Gasteiger charge is 2.21. The third-order valence-electron chi connectivity index (χ3n) is 5.08. The van der Waals surface area contributed by atoms with Gasteiger partial charge in [-0.15, -0.1) is 12.4 Å². The predicted molar refractivity (Wildman–Crippen MR) is 110 cm³/mol. The zero-order valence-corrected chi connectivity index (χ0v) is 16.9. The van der Waals surface area contributed by atoms with Gasteiger partial charge in [0.1, 0.15) is 0 Å². The van der Waals surface area contributed by atoms with Gasteiger partial charge in [0, 0.05) is 42.3 Å². The number of anilines is 1. The second-order valence-electron chi connectivity index (χ2n) is 6.83. The maximum absolute atomic E-state index is 12.8. The molecule has 7 heteroatoms. The second-order valence-corrected chi connectivity index (χ2v) is 8.05. The molecule has 2 heterocycles. The molecule has 1 aromatic carbocycles. The minimum Gasteiger partial charge on any atom is -0.337 e. The van der Waals surface area contributed by atoms with E-state index < -0.39 is 0 Å². The van der Waals surface area contributed by atoms with Gasteiger partial charge in [-0.2, -0.15) is 11.8 Å². The monoisotopic (exact) mass is 397 g/mol. The van der Waals surface area contributed by atoms with E-state index in [0.29, 0.717) is 17.9 Å². The van der Waals surface area contributed by atoms with Gasteiger partial charge in [-0.3, -0.25) is 9.59 Å². The molecule has 0 radical (unpaired) electrons. The molecule has 2 fully saturated rings. The fourth-order valence-electron chi connectivity index (χ4n) is 3.45. The average Bonchev–Trinajstić information content (AvgIpc) is 3.15. The number of rotatable bonds is 5. The number of nitrogens with zero attached hydrogens (tertiary/aromatic N) is 1. The Bertz CT molecular complexity index is 629. The molecule has 0 aromatic heterocycles. The lowest BCUT2D eigenvalue weighted by molar-refractivity contribution is -0.116. The van der Waals surface area contributed by atoms with Crippen molar-refractivity contribution in [1.82, 2.24) is 10.2 Å². The number of carbonyl (C=O) groups excluding carboxylic acids is 2. The summed E-state index contributed by atoms with van der Waals surface area (Å²) in [4.78, 5) is 26.9. The zero-order valence-electron chi connectivity index (χ0n) is 15.3. The van der Waals surface area contributed by atoms with Crippen molar-refractivity contribution in [3.63, 3.8) is 0 Å². The summed E-state index contributed by atoms with van der Waals surface area (Å²) in [6.45, 7) is 5.60. The van der Waals surface area contributed by atoms with Gasteiger partial charge in [0.15, 0.2) is 0 Å². The summed E-state index contributed by atoms with van der Waals surface area (Å²) in [5.74, 6) is 2.71. The normalized spacial score (nSPS) is 19.7. The number of halogens is 1. The third kappa shape index (κ3) is 5.38. The first-order chi connectivity index (χ1) is 12.1. The van der Waals surface area contributed by atoms with Crippen molar-refractivity contribution < 1.29 is 9.59 Å². The van der Waals surface area contributed by atoms with Crippen LogP contribution in [0.4, 0.5) is 5.69 Å². The number of nitrogens with one attached hydrogen (secondary N) is 2. The lowest BCUT2D eigenvalue weighted by Gasteiger charge is -2.27. The first kappa shape index (κ1) is 21.1. The standard InChI is InChI=1S/C19H27N3O2S.ClH/c1-14-16(19(24)22-9-11-25-12-10-22)3-2-4-17(14)21-18(23)6-5-15-7-8-20-13-15;/h2-4,15,20H,5-13H2,1H3,(H,21,23);1H. The summed E-state index contributed by atoms with van der Waals surface area (Å²) in [5.41, 5.74) is 2.32. The summed E-state index contributed by atoms with van der Waals surface area (Å²) in [7, 11) is 0. The van der Waals surface area contributed by atoms with Crippen molar-refractivity contribution in [3.05, 3.63) is 29.3 Å². The van der Waals surface area contributed by atoms with Gasteiger partial charge in [0.2, 0.25) is 5.91 Å². The molecule has 3 rings (SSSR count). The molecule has 5 nitrogen and oxygen atoms in total. The minimum absolute atomic E-state index is 0. The van der Waals surface area contributed by atoms with Crippen molar-refractivity contribution in [2.75, 3.05) is 43.0 Å². The molecule has 26 heavy (non-hydrogen) atoms. The largest absolute Gasteiger partial charge is 0.337 e. The van der Waals surface area contributed by atoms with Gasteiger partial charge >= 0.3 is 0 Å². The highest BCUT2D eigenvalue weighted by atomic mass is 35.5. The van der Waals surface area contributed by atoms with Gasteiger partial charge < -0.3 is 15.5 Å². The topological polar surface area (TPSA) is 61.4 Å². The van der Waals surface area contributed by atoms with E-state index in [-0.39, 0.29) is 24.2 Å². The Labute approximate surface area is 166 Å². The lowest BCUT2D eigenvalue weighted by atomic mass is 10.0. The summed E-state index contributed by atoms with van der Waals surface area (Å²) in [6.07, 6.45) is 2.61. The highest BCUT2D eigenvalue weighted by Crippen LogP contribution is 2.23. The first-order valence-electron chi connectivity index (χ1n) is 9.12. The van der Waals surface area contributed by atoms with E-state index in [2.05, 4.69) is 10.6 Å². The van der Waals surface area contributed by atoms with Crippen LogP contribution in [0.2, 0.25) is 0 Å². The van der Waals surface area contributed by atoms with Gasteiger partial charge in [0.05, 0.1) is 0 Å². The van der Waals surface area contributed by atoms with Crippen LogP contribution >= 0.6 is 24.2 Å². The van der Waals surface area contributed by atoms with E-state index in [4.69, 9.17) is 0 Å². The second kappa shape index (κ2) is 10.2. The lowest BCUT2D eigenvalue weighted by Crippen LogP contribution is -2.38. The van der Waals surface area contributed by atoms with Crippen molar-refractivity contribution in [3.8, 4) is 0 Å². The maximum atomic E-state index is 12.8. The number of thioether (sulfide) groups is 1. The van der Waals surface area contributed by atoms with E-state index in [1.165, 1.54) is 0 Å². The molecule has 2 aliphatic heterocycles. The predicted octanol–water partition coefficient (Wildman–Crippen LogP) is 2.93. The smallest absolute Gasteiger partial charge is 0.254 e. The number of benzene rings is 1. The Balaban J connectivity index is 0.00000243. The third-order valence-corrected chi connectivity index (χ3v) is 6.02. The van der Waals surface area contributed by atoms with Gasteiger partial charge in [-0.1, -0.05) is 6.07 Å². The number of hydrogen-bond donors (Lipinski definition) is 2. The van der Waals surface area contributed by atoms with Gasteiger partial charge in [-0.05, 0) is 56.5 Å². The Hall–Kier alpha value is -1.24. The minimum atomic E-state index is 0. The molecule has 1 unspecified atom stereocenters. The van der Waals surface area contributed by atoms with Crippen LogP contribution in [0.5, 0.6) is 0 Å². The van der Waals surface area contributed by atoms with E-state index in [1.54, 1.807) is 0 Å². The van der Waals surface area contributed by atoms with Crippen LogP contribution in [0.1, 0.15) is 35.2 Å². The molecule has 1 aromatic rings. The van der Waals surface area contributed by atoms with E-state index in [1.807, 2.05) is 41.8 Å². The first-order valence-corrected chi connectivity index (χ1v) is 10.3. The maximum Gasteiger partial charge on any atom is 0.254 e. The van der Waals surface area contributed by atoms with Crippen LogP contribution in [-0.2, 0) is 4.79 Å². The summed E-state index contributed by atoms with van der Waals surface area (Å²) >= 11 is 1.89. The van der Waals surface area contributed by atoms with Crippen molar-refractivity contribution in [2.24, 2.45) is 5.92 Å². The Morgan fingerprint density at radius 3 is 2.77 bits per heavy atom.